The van der Waals surface area contributed by atoms with Gasteiger partial charge in [-0.05, 0) is 18.4 Å². The molecule has 0 saturated heterocycles. The predicted molar refractivity (Wildman–Crippen MR) is 67.8 cm³/mol. The third-order valence-corrected chi connectivity index (χ3v) is 2.46. The third kappa shape index (κ3) is 4.71. The van der Waals surface area contributed by atoms with Crippen LogP contribution in [0.5, 0.6) is 0 Å². The maximum Gasteiger partial charge on any atom is 0.326 e. The van der Waals surface area contributed by atoms with Gasteiger partial charge in [0.15, 0.2) is 0 Å². The molecule has 1 aromatic rings. The van der Waals surface area contributed by atoms with Crippen LogP contribution in [0.4, 0.5) is 0 Å². The Morgan fingerprint density at radius 3 is 2.56 bits per heavy atom. The summed E-state index contributed by atoms with van der Waals surface area (Å²) in [6, 6.07) is 8.62. The molecule has 1 rings (SSSR count). The molecule has 1 amide bonds. The van der Waals surface area contributed by atoms with E-state index in [2.05, 4.69) is 11.2 Å². The highest BCUT2D eigenvalue weighted by Gasteiger charge is 2.18. The van der Waals surface area contributed by atoms with Crippen molar-refractivity contribution in [3.05, 3.63) is 35.9 Å². The molecule has 1 unspecified atom stereocenters. The van der Waals surface area contributed by atoms with Crippen molar-refractivity contribution in [3.8, 4) is 12.3 Å². The molecule has 0 bridgehead atoms. The first-order valence-corrected chi connectivity index (χ1v) is 5.63. The van der Waals surface area contributed by atoms with Crippen LogP contribution in [-0.4, -0.2) is 23.0 Å². The number of carboxylic acid groups (broad SMARTS) is 1. The number of aliphatic carboxylic acids is 1. The van der Waals surface area contributed by atoms with Gasteiger partial charge in [-0.25, -0.2) is 4.79 Å². The van der Waals surface area contributed by atoms with Gasteiger partial charge in [0.1, 0.15) is 6.04 Å². The topological polar surface area (TPSA) is 66.4 Å². The summed E-state index contributed by atoms with van der Waals surface area (Å²) in [5.41, 5.74) is 1.04. The fourth-order valence-electron chi connectivity index (χ4n) is 1.55. The van der Waals surface area contributed by atoms with E-state index < -0.39 is 17.9 Å². The van der Waals surface area contributed by atoms with E-state index in [4.69, 9.17) is 11.5 Å². The second kappa shape index (κ2) is 7.13. The van der Waals surface area contributed by atoms with E-state index in [-0.39, 0.29) is 6.42 Å². The van der Waals surface area contributed by atoms with E-state index in [0.29, 0.717) is 12.8 Å². The number of carboxylic acids is 1. The second-order valence-electron chi connectivity index (χ2n) is 3.86. The standard InChI is InChI=1S/C14H15NO3/c1-2-6-13(16)15-12(14(17)18)10-9-11-7-4-3-5-8-11/h1,3-5,7-8,12H,6,9-10H2,(H,15,16)(H,17,18). The summed E-state index contributed by atoms with van der Waals surface area (Å²) in [6.45, 7) is 0. The molecular weight excluding hydrogens is 230 g/mol. The minimum atomic E-state index is -1.05. The van der Waals surface area contributed by atoms with E-state index in [1.54, 1.807) is 0 Å². The molecule has 2 N–H and O–H groups in total. The molecule has 94 valence electrons. The van der Waals surface area contributed by atoms with Crippen molar-refractivity contribution < 1.29 is 14.7 Å². The zero-order valence-corrected chi connectivity index (χ0v) is 9.93. The van der Waals surface area contributed by atoms with Gasteiger partial charge in [-0.3, -0.25) is 4.79 Å². The number of nitrogens with one attached hydrogen (secondary N) is 1. The molecular formula is C14H15NO3. The first kappa shape index (κ1) is 13.8. The molecule has 0 aliphatic carbocycles. The molecule has 0 saturated carbocycles. The fourth-order valence-corrected chi connectivity index (χ4v) is 1.55. The number of carbonyl (C=O) groups excluding carboxylic acids is 1. The fraction of sp³-hybridized carbons (Fsp3) is 0.286. The smallest absolute Gasteiger partial charge is 0.326 e. The highest BCUT2D eigenvalue weighted by Crippen LogP contribution is 2.05. The van der Waals surface area contributed by atoms with Crippen molar-refractivity contribution in [3.63, 3.8) is 0 Å². The number of terminal acetylenes is 1. The zero-order valence-electron chi connectivity index (χ0n) is 9.93. The van der Waals surface area contributed by atoms with Crippen LogP contribution in [0.3, 0.4) is 0 Å². The van der Waals surface area contributed by atoms with Crippen molar-refractivity contribution in [2.45, 2.75) is 25.3 Å². The summed E-state index contributed by atoms with van der Waals surface area (Å²) >= 11 is 0. The van der Waals surface area contributed by atoms with Crippen LogP contribution in [0.15, 0.2) is 30.3 Å². The van der Waals surface area contributed by atoms with Crippen LogP contribution < -0.4 is 5.32 Å². The minimum Gasteiger partial charge on any atom is -0.480 e. The van der Waals surface area contributed by atoms with Gasteiger partial charge in [0.25, 0.3) is 0 Å². The minimum absolute atomic E-state index is 0.102. The van der Waals surface area contributed by atoms with Gasteiger partial charge in [-0.15, -0.1) is 6.42 Å². The lowest BCUT2D eigenvalue weighted by Gasteiger charge is -2.13. The molecule has 1 aromatic carbocycles. The molecule has 0 heterocycles. The van der Waals surface area contributed by atoms with Crippen LogP contribution >= 0.6 is 0 Å². The Balaban J connectivity index is 2.51. The Labute approximate surface area is 106 Å². The Bertz CT molecular complexity index is 448. The van der Waals surface area contributed by atoms with Gasteiger partial charge < -0.3 is 10.4 Å². The average Bonchev–Trinajstić information content (AvgIpc) is 2.35. The van der Waals surface area contributed by atoms with E-state index in [0.717, 1.165) is 5.56 Å². The number of amides is 1. The summed E-state index contributed by atoms with van der Waals surface area (Å²) < 4.78 is 0. The molecule has 1 atom stereocenters. The Kier molecular flexibility index (Phi) is 5.46. The number of hydrogen-bond donors (Lipinski definition) is 2. The highest BCUT2D eigenvalue weighted by atomic mass is 16.4. The maximum atomic E-state index is 11.3. The molecule has 0 fully saturated rings. The number of carbonyl (C=O) groups is 2. The largest absolute Gasteiger partial charge is 0.480 e. The highest BCUT2D eigenvalue weighted by molar-refractivity contribution is 5.84. The van der Waals surface area contributed by atoms with Crippen LogP contribution in [0.1, 0.15) is 18.4 Å². The first-order valence-electron chi connectivity index (χ1n) is 5.63. The Hall–Kier alpha value is -2.28. The van der Waals surface area contributed by atoms with Crippen molar-refractivity contribution in [2.75, 3.05) is 0 Å². The lowest BCUT2D eigenvalue weighted by atomic mass is 10.1. The van der Waals surface area contributed by atoms with E-state index in [1.807, 2.05) is 30.3 Å². The van der Waals surface area contributed by atoms with Gasteiger partial charge in [-0.2, -0.15) is 0 Å². The summed E-state index contributed by atoms with van der Waals surface area (Å²) in [6.07, 6.45) is 5.82. The lowest BCUT2D eigenvalue weighted by molar-refractivity contribution is -0.141. The molecule has 4 heteroatoms. The van der Waals surface area contributed by atoms with Crippen molar-refractivity contribution in [2.24, 2.45) is 0 Å². The number of hydrogen-bond acceptors (Lipinski definition) is 2. The van der Waals surface area contributed by atoms with Gasteiger partial charge in [0, 0.05) is 0 Å². The number of benzene rings is 1. The summed E-state index contributed by atoms with van der Waals surface area (Å²) in [5.74, 6) is 0.703. The maximum absolute atomic E-state index is 11.3. The van der Waals surface area contributed by atoms with Crippen molar-refractivity contribution in [1.82, 2.24) is 5.32 Å². The van der Waals surface area contributed by atoms with Gasteiger partial charge in [0.2, 0.25) is 5.91 Å². The zero-order chi connectivity index (χ0) is 13.4. The Morgan fingerprint density at radius 1 is 1.33 bits per heavy atom. The second-order valence-corrected chi connectivity index (χ2v) is 3.86. The van der Waals surface area contributed by atoms with Crippen LogP contribution in [0, 0.1) is 12.3 Å². The monoisotopic (exact) mass is 245 g/mol. The quantitative estimate of drug-likeness (QED) is 0.740. The van der Waals surface area contributed by atoms with E-state index in [9.17, 15) is 9.59 Å². The molecule has 18 heavy (non-hydrogen) atoms. The molecule has 4 nitrogen and oxygen atoms in total. The van der Waals surface area contributed by atoms with Crippen molar-refractivity contribution in [1.29, 1.82) is 0 Å². The first-order chi connectivity index (χ1) is 8.63. The molecule has 0 aromatic heterocycles. The number of aryl methyl sites for hydroxylation is 1. The molecule has 0 aliphatic rings. The number of rotatable bonds is 6. The van der Waals surface area contributed by atoms with Gasteiger partial charge in [0.05, 0.1) is 6.42 Å². The van der Waals surface area contributed by atoms with E-state index in [1.165, 1.54) is 0 Å². The van der Waals surface area contributed by atoms with Crippen LogP contribution in [-0.2, 0) is 16.0 Å². The summed E-state index contributed by atoms with van der Waals surface area (Å²) in [4.78, 5) is 22.2. The predicted octanol–water partition coefficient (Wildman–Crippen LogP) is 1.21. The summed E-state index contributed by atoms with van der Waals surface area (Å²) in [7, 11) is 0. The van der Waals surface area contributed by atoms with E-state index >= 15 is 0 Å². The summed E-state index contributed by atoms with van der Waals surface area (Å²) in [5, 5.41) is 11.4. The van der Waals surface area contributed by atoms with Crippen molar-refractivity contribution >= 4 is 11.9 Å². The van der Waals surface area contributed by atoms with Gasteiger partial charge in [-0.1, -0.05) is 36.3 Å². The van der Waals surface area contributed by atoms with Gasteiger partial charge >= 0.3 is 5.97 Å². The average molecular weight is 245 g/mol. The third-order valence-electron chi connectivity index (χ3n) is 2.46. The molecule has 0 radical (unpaired) electrons. The molecule has 0 spiro atoms. The SMILES string of the molecule is C#CCC(=O)NC(CCc1ccccc1)C(=O)O. The molecule has 0 aliphatic heterocycles. The van der Waals surface area contributed by atoms with Crippen LogP contribution in [0.2, 0.25) is 0 Å². The lowest BCUT2D eigenvalue weighted by Crippen LogP contribution is -2.40. The van der Waals surface area contributed by atoms with Crippen LogP contribution in [0.25, 0.3) is 0 Å². The normalized spacial score (nSPS) is 11.3. The Morgan fingerprint density at radius 2 is 2.00 bits per heavy atom.